The van der Waals surface area contributed by atoms with Crippen molar-refractivity contribution in [1.29, 1.82) is 0 Å². The minimum Gasteiger partial charge on any atom is -0.493 e. The van der Waals surface area contributed by atoms with E-state index >= 15 is 0 Å². The number of hydrogen-bond donors (Lipinski definition) is 2. The highest BCUT2D eigenvalue weighted by atomic mass is 19.4. The van der Waals surface area contributed by atoms with Gasteiger partial charge in [0.25, 0.3) is 0 Å². The smallest absolute Gasteiger partial charge is 0.416 e. The third-order valence-electron chi connectivity index (χ3n) is 7.50. The van der Waals surface area contributed by atoms with Gasteiger partial charge in [0.1, 0.15) is 0 Å². The van der Waals surface area contributed by atoms with Gasteiger partial charge in [0, 0.05) is 25.0 Å². The maximum absolute atomic E-state index is 13.4. The molecule has 44 heavy (non-hydrogen) atoms. The number of carbonyl (C=O) groups is 2. The lowest BCUT2D eigenvalue weighted by atomic mass is 9.85. The maximum atomic E-state index is 13.4. The summed E-state index contributed by atoms with van der Waals surface area (Å²) in [5.41, 5.74) is 1.65. The van der Waals surface area contributed by atoms with Gasteiger partial charge in [-0.15, -0.1) is 0 Å². The minimum atomic E-state index is -4.56. The molecule has 1 unspecified atom stereocenters. The summed E-state index contributed by atoms with van der Waals surface area (Å²) in [6, 6.07) is 7.48. The molecule has 1 aliphatic rings. The Morgan fingerprint density at radius 2 is 1.50 bits per heavy atom. The van der Waals surface area contributed by atoms with E-state index in [1.165, 1.54) is 66.6 Å². The minimum absolute atomic E-state index is 0.0711. The van der Waals surface area contributed by atoms with Gasteiger partial charge in [0.05, 0.1) is 46.1 Å². The first-order valence-corrected chi connectivity index (χ1v) is 13.6. The molecule has 0 aromatic heterocycles. The zero-order valence-corrected chi connectivity index (χ0v) is 25.1. The number of ether oxygens (including phenoxy) is 4. The summed E-state index contributed by atoms with van der Waals surface area (Å²) in [5.74, 6) is -0.0700. The van der Waals surface area contributed by atoms with Gasteiger partial charge in [0.2, 0.25) is 23.0 Å². The number of fused-ring (bicyclic) bond motifs is 3. The van der Waals surface area contributed by atoms with Crippen molar-refractivity contribution in [2.24, 2.45) is 0 Å². The fraction of sp³-hybridized carbons (Fsp3) is 0.344. The molecule has 0 radical (unpaired) electrons. The molecule has 234 valence electrons. The van der Waals surface area contributed by atoms with Crippen LogP contribution in [0.3, 0.4) is 0 Å². The molecule has 0 aliphatic heterocycles. The second-order valence-electron chi connectivity index (χ2n) is 10.2. The topological polar surface area (TPSA) is 112 Å². The molecule has 12 heteroatoms. The van der Waals surface area contributed by atoms with Crippen LogP contribution in [-0.2, 0) is 22.2 Å². The van der Waals surface area contributed by atoms with Crippen LogP contribution in [0.15, 0.2) is 47.3 Å². The Morgan fingerprint density at radius 1 is 0.864 bits per heavy atom. The van der Waals surface area contributed by atoms with Gasteiger partial charge < -0.3 is 29.6 Å². The Bertz CT molecular complexity index is 1640. The number of hydrogen-bond acceptors (Lipinski definition) is 7. The van der Waals surface area contributed by atoms with E-state index in [0.717, 1.165) is 12.1 Å². The molecule has 0 fully saturated rings. The van der Waals surface area contributed by atoms with E-state index in [2.05, 4.69) is 10.6 Å². The number of alkyl halides is 3. The van der Waals surface area contributed by atoms with Crippen molar-refractivity contribution in [3.63, 3.8) is 0 Å². The first-order valence-electron chi connectivity index (χ1n) is 13.6. The maximum Gasteiger partial charge on any atom is 0.416 e. The summed E-state index contributed by atoms with van der Waals surface area (Å²) in [7, 11) is 5.63. The van der Waals surface area contributed by atoms with Crippen LogP contribution in [0.4, 0.5) is 13.2 Å². The van der Waals surface area contributed by atoms with Crippen LogP contribution in [0, 0.1) is 0 Å². The summed E-state index contributed by atoms with van der Waals surface area (Å²) in [6.07, 6.45) is -3.96. The number of methoxy groups -OCH3 is 4. The summed E-state index contributed by atoms with van der Waals surface area (Å²) < 4.78 is 63.1. The Morgan fingerprint density at radius 3 is 2.02 bits per heavy atom. The fourth-order valence-corrected chi connectivity index (χ4v) is 5.72. The van der Waals surface area contributed by atoms with Gasteiger partial charge in [-0.1, -0.05) is 18.2 Å². The summed E-state index contributed by atoms with van der Waals surface area (Å²) >= 11 is 0. The SMILES string of the molecule is COc1c(OC)c2c(c(C(NC(C)=O)c3ccc(C(F)(F)F)cc3)c1OC)CC[C@H](NC(C)=O)c1cc(=O)c(OC)ccc1-2. The van der Waals surface area contributed by atoms with Crippen LogP contribution in [0.1, 0.15) is 60.2 Å². The zero-order chi connectivity index (χ0) is 32.3. The summed E-state index contributed by atoms with van der Waals surface area (Å²) in [5, 5.41) is 5.79. The normalized spacial score (nSPS) is 14.7. The highest BCUT2D eigenvalue weighted by Gasteiger charge is 2.36. The number of benzene rings is 2. The lowest BCUT2D eigenvalue weighted by Crippen LogP contribution is -2.29. The van der Waals surface area contributed by atoms with Crippen LogP contribution >= 0.6 is 0 Å². The number of halogens is 3. The zero-order valence-electron chi connectivity index (χ0n) is 25.1. The molecule has 1 aliphatic carbocycles. The predicted molar refractivity (Wildman–Crippen MR) is 156 cm³/mol. The number of amides is 2. The predicted octanol–water partition coefficient (Wildman–Crippen LogP) is 5.12. The van der Waals surface area contributed by atoms with E-state index in [9.17, 15) is 27.6 Å². The molecule has 3 aromatic rings. The number of nitrogens with one attached hydrogen (secondary N) is 2. The molecule has 0 saturated heterocycles. The van der Waals surface area contributed by atoms with Gasteiger partial charge in [-0.05, 0) is 59.4 Å². The van der Waals surface area contributed by atoms with Gasteiger partial charge >= 0.3 is 6.18 Å². The van der Waals surface area contributed by atoms with Gasteiger partial charge in [-0.25, -0.2) is 0 Å². The molecule has 0 spiro atoms. The van der Waals surface area contributed by atoms with Crippen LogP contribution < -0.4 is 35.0 Å². The van der Waals surface area contributed by atoms with E-state index in [1.54, 1.807) is 6.07 Å². The largest absolute Gasteiger partial charge is 0.493 e. The van der Waals surface area contributed by atoms with E-state index in [4.69, 9.17) is 18.9 Å². The Kier molecular flexibility index (Phi) is 9.41. The molecule has 2 N–H and O–H groups in total. The van der Waals surface area contributed by atoms with E-state index in [0.29, 0.717) is 39.8 Å². The quantitative estimate of drug-likeness (QED) is 0.363. The van der Waals surface area contributed by atoms with E-state index in [-0.39, 0.29) is 35.3 Å². The molecule has 4 rings (SSSR count). The molecule has 0 saturated carbocycles. The molecular weight excluding hydrogens is 581 g/mol. The van der Waals surface area contributed by atoms with Crippen molar-refractivity contribution in [1.82, 2.24) is 10.6 Å². The molecule has 0 bridgehead atoms. The van der Waals surface area contributed by atoms with Crippen molar-refractivity contribution in [2.45, 2.75) is 44.9 Å². The van der Waals surface area contributed by atoms with E-state index in [1.807, 2.05) is 0 Å². The second-order valence-corrected chi connectivity index (χ2v) is 10.2. The van der Waals surface area contributed by atoms with Crippen LogP contribution in [-0.4, -0.2) is 40.3 Å². The average Bonchev–Trinajstić information content (AvgIpc) is 3.22. The molecule has 3 aromatic carbocycles. The first-order chi connectivity index (χ1) is 20.9. The molecule has 9 nitrogen and oxygen atoms in total. The second kappa shape index (κ2) is 12.9. The third-order valence-corrected chi connectivity index (χ3v) is 7.50. The lowest BCUT2D eigenvalue weighted by molar-refractivity contribution is -0.137. The van der Waals surface area contributed by atoms with Crippen molar-refractivity contribution in [3.05, 3.63) is 80.5 Å². The first kappa shape index (κ1) is 32.2. The van der Waals surface area contributed by atoms with Gasteiger partial charge in [-0.3, -0.25) is 14.4 Å². The van der Waals surface area contributed by atoms with Crippen molar-refractivity contribution < 1.29 is 41.7 Å². The van der Waals surface area contributed by atoms with Crippen molar-refractivity contribution >= 4 is 11.8 Å². The Hall–Kier alpha value is -4.74. The van der Waals surface area contributed by atoms with Crippen molar-refractivity contribution in [2.75, 3.05) is 28.4 Å². The Balaban J connectivity index is 2.16. The van der Waals surface area contributed by atoms with Crippen LogP contribution in [0.25, 0.3) is 11.1 Å². The van der Waals surface area contributed by atoms with Crippen LogP contribution in [0.5, 0.6) is 23.0 Å². The molecule has 2 amide bonds. The van der Waals surface area contributed by atoms with Gasteiger partial charge in [0.15, 0.2) is 17.2 Å². The van der Waals surface area contributed by atoms with Crippen molar-refractivity contribution in [3.8, 4) is 34.1 Å². The summed E-state index contributed by atoms with van der Waals surface area (Å²) in [4.78, 5) is 38.0. The summed E-state index contributed by atoms with van der Waals surface area (Å²) in [6.45, 7) is 2.67. The fourth-order valence-electron chi connectivity index (χ4n) is 5.72. The average molecular weight is 615 g/mol. The number of carbonyl (C=O) groups excluding carboxylic acids is 2. The standard InChI is InChI=1S/C32H33F3N2O7/c1-16(38)36-23-13-11-21-26(20-12-14-25(41-3)24(40)15-22(20)23)29(42-4)31(44-6)30(43-5)27(21)28(37-17(2)39)18-7-9-19(10-8-18)32(33,34)35/h7-10,12,14-15,23,28H,11,13H2,1-6H3,(H,36,38)(H,37,39)/t23-,28?/m0/s1. The van der Waals surface area contributed by atoms with Crippen LogP contribution in [0.2, 0.25) is 0 Å². The highest BCUT2D eigenvalue weighted by molar-refractivity contribution is 5.86. The van der Waals surface area contributed by atoms with E-state index < -0.39 is 35.2 Å². The van der Waals surface area contributed by atoms with Gasteiger partial charge in [-0.2, -0.15) is 13.2 Å². The highest BCUT2D eigenvalue weighted by Crippen LogP contribution is 2.54. The third kappa shape index (κ3) is 6.15. The number of rotatable bonds is 8. The molecule has 2 atom stereocenters. The lowest BCUT2D eigenvalue weighted by Gasteiger charge is -2.29. The molecular formula is C32H33F3N2O7. The monoisotopic (exact) mass is 614 g/mol. The Labute approximate surface area is 252 Å². The molecule has 0 heterocycles.